The smallest absolute Gasteiger partial charge is 0.269 e. The van der Waals surface area contributed by atoms with Crippen LogP contribution in [-0.4, -0.2) is 22.2 Å². The predicted molar refractivity (Wildman–Crippen MR) is 58.3 cm³/mol. The molecule has 0 aromatic carbocycles. The molecule has 0 saturated carbocycles. The van der Waals surface area contributed by atoms with Crippen LogP contribution in [0.1, 0.15) is 29.5 Å². The molecule has 0 bridgehead atoms. The van der Waals surface area contributed by atoms with E-state index in [4.69, 9.17) is 0 Å². The third kappa shape index (κ3) is 3.13. The minimum Gasteiger partial charge on any atom is -0.350 e. The van der Waals surface area contributed by atoms with Crippen molar-refractivity contribution in [3.05, 3.63) is 17.5 Å². The lowest BCUT2D eigenvalue weighted by molar-refractivity contribution is 0.0945. The Hall–Kier alpha value is -1.76. The van der Waals surface area contributed by atoms with Crippen molar-refractivity contribution in [2.75, 3.05) is 6.54 Å². The molecule has 1 heterocycles. The fourth-order valence-electron chi connectivity index (χ4n) is 1.28. The summed E-state index contributed by atoms with van der Waals surface area (Å²) in [6.45, 7) is 4.22. The Balaban J connectivity index is 2.52. The van der Waals surface area contributed by atoms with Crippen LogP contribution in [0.4, 0.5) is 0 Å². The Morgan fingerprint density at radius 3 is 2.93 bits per heavy atom. The number of hydrogen-bond acceptors (Lipinski definition) is 2. The Morgan fingerprint density at radius 2 is 2.40 bits per heavy atom. The molecule has 0 aliphatic rings. The number of rotatable bonds is 3. The van der Waals surface area contributed by atoms with Gasteiger partial charge in [0.2, 0.25) is 0 Å². The molecule has 0 aliphatic carbocycles. The Morgan fingerprint density at radius 1 is 1.67 bits per heavy atom. The highest BCUT2D eigenvalue weighted by Gasteiger charge is 2.10. The van der Waals surface area contributed by atoms with Crippen molar-refractivity contribution in [2.45, 2.75) is 20.3 Å². The average molecular weight is 205 g/mol. The molecule has 0 saturated heterocycles. The molecular formula is C11H15N3O. The second-order valence-corrected chi connectivity index (χ2v) is 3.23. The second kappa shape index (κ2) is 5.20. The molecule has 1 rings (SSSR count). The minimum atomic E-state index is -0.101. The largest absolute Gasteiger partial charge is 0.350 e. The van der Waals surface area contributed by atoms with Crippen LogP contribution in [0, 0.1) is 18.8 Å². The first kappa shape index (κ1) is 11.3. The van der Waals surface area contributed by atoms with Gasteiger partial charge in [-0.05, 0) is 19.9 Å². The van der Waals surface area contributed by atoms with Gasteiger partial charge in [-0.1, -0.05) is 0 Å². The normalized spacial score (nSPS) is 9.27. The number of amides is 1. The zero-order valence-corrected chi connectivity index (χ0v) is 9.29. The van der Waals surface area contributed by atoms with E-state index in [0.717, 1.165) is 5.69 Å². The van der Waals surface area contributed by atoms with E-state index in [1.54, 1.807) is 24.7 Å². The quantitative estimate of drug-likeness (QED) is 0.588. The van der Waals surface area contributed by atoms with Crippen molar-refractivity contribution in [1.82, 2.24) is 15.1 Å². The predicted octanol–water partition coefficient (Wildman–Crippen LogP) is 0.872. The molecule has 1 aromatic heterocycles. The summed E-state index contributed by atoms with van der Waals surface area (Å²) in [4.78, 5) is 11.6. The van der Waals surface area contributed by atoms with Gasteiger partial charge in [-0.25, -0.2) is 0 Å². The fourth-order valence-corrected chi connectivity index (χ4v) is 1.28. The first-order chi connectivity index (χ1) is 7.15. The van der Waals surface area contributed by atoms with E-state index >= 15 is 0 Å². The van der Waals surface area contributed by atoms with Crippen LogP contribution in [-0.2, 0) is 7.05 Å². The van der Waals surface area contributed by atoms with E-state index in [1.807, 2.05) is 6.92 Å². The topological polar surface area (TPSA) is 46.9 Å². The summed E-state index contributed by atoms with van der Waals surface area (Å²) in [5.74, 6) is 5.56. The van der Waals surface area contributed by atoms with Gasteiger partial charge in [-0.15, -0.1) is 11.8 Å². The van der Waals surface area contributed by atoms with Gasteiger partial charge in [0.15, 0.2) is 0 Å². The van der Waals surface area contributed by atoms with Crippen LogP contribution in [0.15, 0.2) is 6.07 Å². The Labute approximate surface area is 89.7 Å². The SMILES string of the molecule is CC#CCCNC(=O)c1cc(C)nn1C. The van der Waals surface area contributed by atoms with Gasteiger partial charge >= 0.3 is 0 Å². The summed E-state index contributed by atoms with van der Waals surface area (Å²) in [6, 6.07) is 1.76. The monoisotopic (exact) mass is 205 g/mol. The van der Waals surface area contributed by atoms with E-state index in [0.29, 0.717) is 18.7 Å². The molecular weight excluding hydrogens is 190 g/mol. The number of carbonyl (C=O) groups excluding carboxylic acids is 1. The molecule has 1 aromatic rings. The number of carbonyl (C=O) groups is 1. The maximum Gasteiger partial charge on any atom is 0.269 e. The van der Waals surface area contributed by atoms with Crippen LogP contribution < -0.4 is 5.32 Å². The summed E-state index contributed by atoms with van der Waals surface area (Å²) in [5, 5.41) is 6.89. The van der Waals surface area contributed by atoms with Crippen molar-refractivity contribution >= 4 is 5.91 Å². The number of hydrogen-bond donors (Lipinski definition) is 1. The summed E-state index contributed by atoms with van der Waals surface area (Å²) < 4.78 is 1.58. The lowest BCUT2D eigenvalue weighted by atomic mass is 10.3. The molecule has 1 amide bonds. The lowest BCUT2D eigenvalue weighted by Crippen LogP contribution is -2.26. The summed E-state index contributed by atoms with van der Waals surface area (Å²) >= 11 is 0. The maximum absolute atomic E-state index is 11.6. The number of nitrogens with one attached hydrogen (secondary N) is 1. The molecule has 4 heteroatoms. The van der Waals surface area contributed by atoms with Crippen molar-refractivity contribution < 1.29 is 4.79 Å². The van der Waals surface area contributed by atoms with E-state index in [-0.39, 0.29) is 5.91 Å². The van der Waals surface area contributed by atoms with Gasteiger partial charge in [-0.2, -0.15) is 5.10 Å². The van der Waals surface area contributed by atoms with Crippen LogP contribution in [0.3, 0.4) is 0 Å². The van der Waals surface area contributed by atoms with Gasteiger partial charge < -0.3 is 5.32 Å². The summed E-state index contributed by atoms with van der Waals surface area (Å²) in [5.41, 5.74) is 1.42. The summed E-state index contributed by atoms with van der Waals surface area (Å²) in [6.07, 6.45) is 0.680. The second-order valence-electron chi connectivity index (χ2n) is 3.23. The zero-order chi connectivity index (χ0) is 11.3. The van der Waals surface area contributed by atoms with E-state index in [2.05, 4.69) is 22.3 Å². The molecule has 4 nitrogen and oxygen atoms in total. The molecule has 0 radical (unpaired) electrons. The van der Waals surface area contributed by atoms with Crippen LogP contribution in [0.25, 0.3) is 0 Å². The standard InChI is InChI=1S/C11H15N3O/c1-4-5-6-7-12-11(15)10-8-9(2)13-14(10)3/h8H,6-7H2,1-3H3,(H,12,15). The van der Waals surface area contributed by atoms with E-state index in [9.17, 15) is 4.79 Å². The Kier molecular flexibility index (Phi) is 3.92. The molecule has 0 fully saturated rings. The third-order valence-corrected chi connectivity index (χ3v) is 1.95. The van der Waals surface area contributed by atoms with Crippen LogP contribution in [0.5, 0.6) is 0 Å². The molecule has 0 atom stereocenters. The highest BCUT2D eigenvalue weighted by Crippen LogP contribution is 2.00. The van der Waals surface area contributed by atoms with Gasteiger partial charge in [-0.3, -0.25) is 9.48 Å². The van der Waals surface area contributed by atoms with Gasteiger partial charge in [0, 0.05) is 20.0 Å². The first-order valence-electron chi connectivity index (χ1n) is 4.83. The molecule has 1 N–H and O–H groups in total. The average Bonchev–Trinajstić information content (AvgIpc) is 2.52. The van der Waals surface area contributed by atoms with E-state index < -0.39 is 0 Å². The van der Waals surface area contributed by atoms with Crippen molar-refractivity contribution in [2.24, 2.45) is 7.05 Å². The number of nitrogens with zero attached hydrogens (tertiary/aromatic N) is 2. The molecule has 0 aliphatic heterocycles. The first-order valence-corrected chi connectivity index (χ1v) is 4.83. The minimum absolute atomic E-state index is 0.101. The number of aryl methyl sites for hydroxylation is 2. The highest BCUT2D eigenvalue weighted by atomic mass is 16.2. The van der Waals surface area contributed by atoms with Gasteiger partial charge in [0.05, 0.1) is 5.69 Å². The lowest BCUT2D eigenvalue weighted by Gasteiger charge is -2.02. The molecule has 0 spiro atoms. The van der Waals surface area contributed by atoms with E-state index in [1.165, 1.54) is 0 Å². The fraction of sp³-hybridized carbons (Fsp3) is 0.455. The Bertz CT molecular complexity index is 409. The molecule has 0 unspecified atom stereocenters. The van der Waals surface area contributed by atoms with Crippen molar-refractivity contribution in [1.29, 1.82) is 0 Å². The molecule has 15 heavy (non-hydrogen) atoms. The maximum atomic E-state index is 11.6. The van der Waals surface area contributed by atoms with Crippen LogP contribution in [0.2, 0.25) is 0 Å². The summed E-state index contributed by atoms with van der Waals surface area (Å²) in [7, 11) is 1.76. The molecule has 80 valence electrons. The van der Waals surface area contributed by atoms with Gasteiger partial charge in [0.25, 0.3) is 5.91 Å². The zero-order valence-electron chi connectivity index (χ0n) is 9.29. The van der Waals surface area contributed by atoms with Gasteiger partial charge in [0.1, 0.15) is 5.69 Å². The number of aromatic nitrogens is 2. The van der Waals surface area contributed by atoms with Crippen molar-refractivity contribution in [3.8, 4) is 11.8 Å². The van der Waals surface area contributed by atoms with Crippen LogP contribution >= 0.6 is 0 Å². The van der Waals surface area contributed by atoms with Crippen molar-refractivity contribution in [3.63, 3.8) is 0 Å². The highest BCUT2D eigenvalue weighted by molar-refractivity contribution is 5.92. The third-order valence-electron chi connectivity index (χ3n) is 1.95.